The molecule has 0 amide bonds. The van der Waals surface area contributed by atoms with E-state index in [1.54, 1.807) is 18.2 Å². The quantitative estimate of drug-likeness (QED) is 0.342. The molecule has 3 aromatic rings. The van der Waals surface area contributed by atoms with Crippen molar-refractivity contribution in [2.24, 2.45) is 0 Å². The Hall–Kier alpha value is -3.33. The van der Waals surface area contributed by atoms with Crippen LogP contribution in [0.2, 0.25) is 0 Å². The molecule has 1 aliphatic rings. The number of hydrogen-bond acceptors (Lipinski definition) is 7. The predicted octanol–water partition coefficient (Wildman–Crippen LogP) is 5.60. The normalized spacial score (nSPS) is 13.5. The van der Waals surface area contributed by atoms with Crippen molar-refractivity contribution in [1.82, 2.24) is 9.78 Å². The lowest BCUT2D eigenvalue weighted by molar-refractivity contribution is 0.0549. The third-order valence-corrected chi connectivity index (χ3v) is 6.49. The van der Waals surface area contributed by atoms with E-state index in [4.69, 9.17) is 18.9 Å². The van der Waals surface area contributed by atoms with E-state index in [-0.39, 0.29) is 23.1 Å². The minimum atomic E-state index is -0.713. The number of halogens is 1. The summed E-state index contributed by atoms with van der Waals surface area (Å²) < 4.78 is 24.2. The number of aromatic nitrogens is 2. The van der Waals surface area contributed by atoms with E-state index in [2.05, 4.69) is 21.0 Å². The molecule has 0 bridgehead atoms. The van der Waals surface area contributed by atoms with Gasteiger partial charge < -0.3 is 18.9 Å². The van der Waals surface area contributed by atoms with Gasteiger partial charge in [0.05, 0.1) is 32.6 Å². The lowest BCUT2D eigenvalue weighted by atomic mass is 10.0. The van der Waals surface area contributed by atoms with Crippen molar-refractivity contribution in [3.63, 3.8) is 0 Å². The number of rotatable bonds is 8. The van der Waals surface area contributed by atoms with E-state index in [1.165, 1.54) is 18.9 Å². The highest BCUT2D eigenvalue weighted by Gasteiger charge is 2.32. The second-order valence-electron chi connectivity index (χ2n) is 8.04. The number of ether oxygens (including phenoxy) is 4. The van der Waals surface area contributed by atoms with E-state index >= 15 is 0 Å². The van der Waals surface area contributed by atoms with Crippen molar-refractivity contribution in [1.29, 1.82) is 0 Å². The van der Waals surface area contributed by atoms with Crippen LogP contribution in [-0.4, -0.2) is 48.6 Å². The lowest BCUT2D eigenvalue weighted by Gasteiger charge is -2.18. The Bertz CT molecular complexity index is 1220. The zero-order valence-corrected chi connectivity index (χ0v) is 21.5. The first kappa shape index (κ1) is 24.8. The molecular formula is C26H27BrN2O6. The smallest absolute Gasteiger partial charge is 0.357 e. The predicted molar refractivity (Wildman–Crippen MR) is 133 cm³/mol. The highest BCUT2D eigenvalue weighted by atomic mass is 79.9. The van der Waals surface area contributed by atoms with Gasteiger partial charge in [-0.15, -0.1) is 0 Å². The summed E-state index contributed by atoms with van der Waals surface area (Å²) in [7, 11) is 2.51. The van der Waals surface area contributed by atoms with Gasteiger partial charge in [0.25, 0.3) is 0 Å². The number of carbonyl (C=O) groups is 2. The van der Waals surface area contributed by atoms with Crippen LogP contribution in [0.15, 0.2) is 46.9 Å². The summed E-state index contributed by atoms with van der Waals surface area (Å²) in [4.78, 5) is 25.8. The maximum atomic E-state index is 13.0. The molecule has 184 valence electrons. The summed E-state index contributed by atoms with van der Waals surface area (Å²) in [6.45, 7) is 2.32. The van der Waals surface area contributed by atoms with E-state index in [0.29, 0.717) is 33.8 Å². The van der Waals surface area contributed by atoms with Gasteiger partial charge in [0, 0.05) is 10.0 Å². The average molecular weight is 543 g/mol. The van der Waals surface area contributed by atoms with E-state index < -0.39 is 11.9 Å². The molecule has 0 aliphatic heterocycles. The molecule has 1 saturated carbocycles. The molecule has 0 atom stereocenters. The zero-order chi connectivity index (χ0) is 24.9. The first-order valence-electron chi connectivity index (χ1n) is 11.5. The number of benzene rings is 2. The number of carbonyl (C=O) groups excluding carboxylic acids is 2. The Balaban J connectivity index is 1.93. The monoisotopic (exact) mass is 542 g/mol. The Kier molecular flexibility index (Phi) is 7.75. The first-order valence-corrected chi connectivity index (χ1v) is 12.3. The van der Waals surface area contributed by atoms with Crippen molar-refractivity contribution in [2.45, 2.75) is 38.7 Å². The maximum Gasteiger partial charge on any atom is 0.357 e. The van der Waals surface area contributed by atoms with Crippen LogP contribution >= 0.6 is 15.9 Å². The summed E-state index contributed by atoms with van der Waals surface area (Å²) in [5.74, 6) is -0.277. The van der Waals surface area contributed by atoms with Gasteiger partial charge >= 0.3 is 11.9 Å². The van der Waals surface area contributed by atoms with Gasteiger partial charge in [-0.25, -0.2) is 14.3 Å². The van der Waals surface area contributed by atoms with Gasteiger partial charge in [-0.3, -0.25) is 0 Å². The van der Waals surface area contributed by atoms with Gasteiger partial charge in [0.15, 0.2) is 17.2 Å². The van der Waals surface area contributed by atoms with Gasteiger partial charge in [-0.2, -0.15) is 5.10 Å². The van der Waals surface area contributed by atoms with Crippen LogP contribution in [-0.2, 0) is 9.47 Å². The molecule has 35 heavy (non-hydrogen) atoms. The number of nitrogens with zero attached hydrogens (tertiary/aromatic N) is 2. The lowest BCUT2D eigenvalue weighted by Crippen LogP contribution is -2.15. The molecule has 1 aliphatic carbocycles. The van der Waals surface area contributed by atoms with Crippen LogP contribution in [0.5, 0.6) is 11.5 Å². The summed E-state index contributed by atoms with van der Waals surface area (Å²) in [5.41, 5.74) is 1.35. The van der Waals surface area contributed by atoms with Crippen molar-refractivity contribution in [3.8, 4) is 28.4 Å². The highest BCUT2D eigenvalue weighted by molar-refractivity contribution is 9.10. The standard InChI is InChI=1S/C26H27BrN2O6/c1-4-34-20-14-18(19(27)15-21(20)35-17-12-8-9-13-17)23-22(25(30)32-2)24(26(31)33-3)29(28-23)16-10-6-5-7-11-16/h5-7,10-11,14-15,17H,4,8-9,12-13H2,1-3H3. The van der Waals surface area contributed by atoms with Crippen molar-refractivity contribution < 1.29 is 28.5 Å². The molecule has 0 saturated heterocycles. The number of esters is 2. The van der Waals surface area contributed by atoms with Crippen LogP contribution in [0.25, 0.3) is 16.9 Å². The topological polar surface area (TPSA) is 88.9 Å². The van der Waals surface area contributed by atoms with Crippen LogP contribution in [0, 0.1) is 0 Å². The largest absolute Gasteiger partial charge is 0.490 e. The maximum absolute atomic E-state index is 13.0. The fraction of sp³-hybridized carbons (Fsp3) is 0.346. The molecule has 1 heterocycles. The fourth-order valence-electron chi connectivity index (χ4n) is 4.21. The number of hydrogen-bond donors (Lipinski definition) is 0. The van der Waals surface area contributed by atoms with E-state index in [1.807, 2.05) is 31.2 Å². The molecule has 0 unspecified atom stereocenters. The Morgan fingerprint density at radius 3 is 2.34 bits per heavy atom. The molecule has 0 radical (unpaired) electrons. The fourth-order valence-corrected chi connectivity index (χ4v) is 4.72. The molecule has 4 rings (SSSR count). The number of para-hydroxylation sites is 1. The van der Waals surface area contributed by atoms with Crippen molar-refractivity contribution >= 4 is 27.9 Å². The van der Waals surface area contributed by atoms with Crippen molar-refractivity contribution in [3.05, 3.63) is 58.2 Å². The summed E-state index contributed by atoms with van der Waals surface area (Å²) in [6, 6.07) is 12.6. The molecule has 8 nitrogen and oxygen atoms in total. The molecule has 0 N–H and O–H groups in total. The average Bonchev–Trinajstić information content (AvgIpc) is 3.53. The molecule has 2 aromatic carbocycles. The molecule has 1 aromatic heterocycles. The highest BCUT2D eigenvalue weighted by Crippen LogP contribution is 2.42. The molecule has 0 spiro atoms. The summed E-state index contributed by atoms with van der Waals surface area (Å²) >= 11 is 3.61. The van der Waals surface area contributed by atoms with E-state index in [0.717, 1.165) is 25.7 Å². The summed E-state index contributed by atoms with van der Waals surface area (Å²) in [5, 5.41) is 4.67. The van der Waals surface area contributed by atoms with Gasteiger partial charge in [0.2, 0.25) is 0 Å². The minimum absolute atomic E-state index is 0.00388. The van der Waals surface area contributed by atoms with Crippen LogP contribution in [0.1, 0.15) is 53.5 Å². The second kappa shape index (κ2) is 10.9. The van der Waals surface area contributed by atoms with Gasteiger partial charge in [0.1, 0.15) is 11.3 Å². The van der Waals surface area contributed by atoms with Crippen LogP contribution in [0.3, 0.4) is 0 Å². The van der Waals surface area contributed by atoms with Crippen LogP contribution in [0.4, 0.5) is 0 Å². The first-order chi connectivity index (χ1) is 17.0. The molecule has 1 fully saturated rings. The molecular weight excluding hydrogens is 516 g/mol. The zero-order valence-electron chi connectivity index (χ0n) is 19.9. The number of methoxy groups -OCH3 is 2. The second-order valence-corrected chi connectivity index (χ2v) is 8.89. The Labute approximate surface area is 212 Å². The van der Waals surface area contributed by atoms with E-state index in [9.17, 15) is 9.59 Å². The molecule has 9 heteroatoms. The Morgan fingerprint density at radius 1 is 1.03 bits per heavy atom. The van der Waals surface area contributed by atoms with Gasteiger partial charge in [-0.1, -0.05) is 18.2 Å². The van der Waals surface area contributed by atoms with Gasteiger partial charge in [-0.05, 0) is 72.8 Å². The third-order valence-electron chi connectivity index (χ3n) is 5.84. The third kappa shape index (κ3) is 5.05. The summed E-state index contributed by atoms with van der Waals surface area (Å²) in [6.07, 6.45) is 4.43. The Morgan fingerprint density at radius 2 is 1.71 bits per heavy atom. The van der Waals surface area contributed by atoms with Crippen LogP contribution < -0.4 is 9.47 Å². The minimum Gasteiger partial charge on any atom is -0.490 e. The van der Waals surface area contributed by atoms with Crippen molar-refractivity contribution in [2.75, 3.05) is 20.8 Å². The SMILES string of the molecule is CCOc1cc(-c2nn(-c3ccccc3)c(C(=O)OC)c2C(=O)OC)c(Br)cc1OC1CCCC1.